The van der Waals surface area contributed by atoms with Gasteiger partial charge in [-0.15, -0.1) is 24.0 Å². The van der Waals surface area contributed by atoms with Crippen LogP contribution in [0.25, 0.3) is 0 Å². The first kappa shape index (κ1) is 25.6. The maximum Gasteiger partial charge on any atom is 0.241 e. The van der Waals surface area contributed by atoms with Gasteiger partial charge in [-0.05, 0) is 32.0 Å². The summed E-state index contributed by atoms with van der Waals surface area (Å²) in [5.41, 5.74) is 1.28. The first-order valence-corrected chi connectivity index (χ1v) is 9.73. The lowest BCUT2D eigenvalue weighted by Crippen LogP contribution is -2.43. The molecule has 0 saturated carbocycles. The quantitative estimate of drug-likeness (QED) is 0.254. The summed E-state index contributed by atoms with van der Waals surface area (Å²) in [6.07, 6.45) is 0.927. The molecule has 0 saturated heterocycles. The average molecular weight is 489 g/mol. The molecule has 0 spiro atoms. The molecule has 27 heavy (non-hydrogen) atoms. The van der Waals surface area contributed by atoms with Gasteiger partial charge in [-0.1, -0.05) is 51.1 Å². The number of hydrogen-bond acceptors (Lipinski definition) is 3. The highest BCUT2D eigenvalue weighted by Crippen LogP contribution is 2.19. The van der Waals surface area contributed by atoms with Gasteiger partial charge in [-0.25, -0.2) is 4.99 Å². The number of aliphatic imine (C=N–C) groups is 1. The second-order valence-electron chi connectivity index (χ2n) is 6.07. The van der Waals surface area contributed by atoms with Crippen molar-refractivity contribution < 1.29 is 4.79 Å². The van der Waals surface area contributed by atoms with Crippen molar-refractivity contribution in [2.24, 2.45) is 4.99 Å². The Morgan fingerprint density at radius 1 is 1.04 bits per heavy atom. The summed E-state index contributed by atoms with van der Waals surface area (Å²) in [5.74, 6) is 0.625. The third-order valence-corrected chi connectivity index (χ3v) is 4.20. The predicted octanol–water partition coefficient (Wildman–Crippen LogP) is 2.77. The Morgan fingerprint density at radius 2 is 1.70 bits per heavy atom. The zero-order chi connectivity index (χ0) is 19.2. The topological polar surface area (TPSA) is 68.8 Å². The molecule has 1 aromatic rings. The largest absolute Gasteiger partial charge is 0.357 e. The smallest absolute Gasteiger partial charge is 0.241 e. The molecule has 0 bridgehead atoms. The number of amides is 1. The maximum absolute atomic E-state index is 11.8. The SMILES string of the molecule is CCCNC(=O)CN=C(NCC)NCC(c1ccccc1)N(CC)CC.I. The van der Waals surface area contributed by atoms with E-state index in [2.05, 4.69) is 64.0 Å². The van der Waals surface area contributed by atoms with Gasteiger partial charge in [0.15, 0.2) is 5.96 Å². The van der Waals surface area contributed by atoms with Crippen LogP contribution in [0.2, 0.25) is 0 Å². The number of halogens is 1. The van der Waals surface area contributed by atoms with Crippen LogP contribution in [0.5, 0.6) is 0 Å². The Morgan fingerprint density at radius 3 is 2.26 bits per heavy atom. The van der Waals surface area contributed by atoms with E-state index in [1.54, 1.807) is 0 Å². The van der Waals surface area contributed by atoms with Crippen LogP contribution in [0.3, 0.4) is 0 Å². The van der Waals surface area contributed by atoms with Gasteiger partial charge in [-0.2, -0.15) is 0 Å². The summed E-state index contributed by atoms with van der Waals surface area (Å²) in [7, 11) is 0. The molecule has 0 heterocycles. The van der Waals surface area contributed by atoms with Crippen LogP contribution in [0, 0.1) is 0 Å². The summed E-state index contributed by atoms with van der Waals surface area (Å²) < 4.78 is 0. The van der Waals surface area contributed by atoms with E-state index in [4.69, 9.17) is 0 Å². The number of nitrogens with zero attached hydrogens (tertiary/aromatic N) is 2. The Balaban J connectivity index is 0.00000676. The third-order valence-electron chi connectivity index (χ3n) is 4.20. The van der Waals surface area contributed by atoms with E-state index in [1.165, 1.54) is 5.56 Å². The van der Waals surface area contributed by atoms with E-state index >= 15 is 0 Å². The Hall–Kier alpha value is -1.35. The molecular formula is C20H36IN5O. The van der Waals surface area contributed by atoms with Gasteiger partial charge >= 0.3 is 0 Å². The molecule has 6 nitrogen and oxygen atoms in total. The first-order chi connectivity index (χ1) is 12.7. The van der Waals surface area contributed by atoms with Crippen LogP contribution in [0.4, 0.5) is 0 Å². The van der Waals surface area contributed by atoms with Crippen molar-refractivity contribution in [3.05, 3.63) is 35.9 Å². The van der Waals surface area contributed by atoms with Gasteiger partial charge in [0.1, 0.15) is 6.54 Å². The van der Waals surface area contributed by atoms with E-state index in [0.29, 0.717) is 12.5 Å². The number of rotatable bonds is 11. The number of likely N-dealkylation sites (N-methyl/N-ethyl adjacent to an activating group) is 1. The van der Waals surface area contributed by atoms with Crippen molar-refractivity contribution in [2.75, 3.05) is 39.3 Å². The van der Waals surface area contributed by atoms with Gasteiger partial charge in [0.25, 0.3) is 0 Å². The summed E-state index contributed by atoms with van der Waals surface area (Å²) >= 11 is 0. The molecule has 0 fully saturated rings. The summed E-state index contributed by atoms with van der Waals surface area (Å²) in [5, 5.41) is 9.46. The van der Waals surface area contributed by atoms with E-state index < -0.39 is 0 Å². The van der Waals surface area contributed by atoms with Crippen molar-refractivity contribution in [3.63, 3.8) is 0 Å². The van der Waals surface area contributed by atoms with Crippen LogP contribution in [0.1, 0.15) is 45.7 Å². The van der Waals surface area contributed by atoms with Crippen LogP contribution in [-0.2, 0) is 4.79 Å². The molecule has 1 unspecified atom stereocenters. The highest BCUT2D eigenvalue weighted by molar-refractivity contribution is 14.0. The van der Waals surface area contributed by atoms with Crippen molar-refractivity contribution >= 4 is 35.8 Å². The summed E-state index contributed by atoms with van der Waals surface area (Å²) in [6.45, 7) is 12.7. The summed E-state index contributed by atoms with van der Waals surface area (Å²) in [4.78, 5) is 18.6. The maximum atomic E-state index is 11.8. The fourth-order valence-electron chi connectivity index (χ4n) is 2.80. The normalized spacial score (nSPS) is 12.3. The first-order valence-electron chi connectivity index (χ1n) is 9.73. The van der Waals surface area contributed by atoms with E-state index in [9.17, 15) is 4.79 Å². The van der Waals surface area contributed by atoms with Crippen LogP contribution >= 0.6 is 24.0 Å². The fourth-order valence-corrected chi connectivity index (χ4v) is 2.80. The highest BCUT2D eigenvalue weighted by atomic mass is 127. The zero-order valence-corrected chi connectivity index (χ0v) is 19.5. The number of carbonyl (C=O) groups is 1. The molecule has 0 aliphatic heterocycles. The number of guanidine groups is 1. The molecule has 0 aromatic heterocycles. The molecule has 3 N–H and O–H groups in total. The van der Waals surface area contributed by atoms with Crippen molar-refractivity contribution in [2.45, 2.75) is 40.2 Å². The molecule has 7 heteroatoms. The minimum atomic E-state index is -0.0487. The molecular weight excluding hydrogens is 453 g/mol. The third kappa shape index (κ3) is 9.95. The number of hydrogen-bond donors (Lipinski definition) is 3. The second-order valence-corrected chi connectivity index (χ2v) is 6.07. The minimum Gasteiger partial charge on any atom is -0.357 e. The molecule has 154 valence electrons. The summed E-state index contributed by atoms with van der Waals surface area (Å²) in [6, 6.07) is 10.8. The minimum absolute atomic E-state index is 0. The monoisotopic (exact) mass is 489 g/mol. The van der Waals surface area contributed by atoms with E-state index in [0.717, 1.165) is 32.6 Å². The van der Waals surface area contributed by atoms with Gasteiger partial charge in [0.05, 0.1) is 6.04 Å². The molecule has 1 rings (SSSR count). The highest BCUT2D eigenvalue weighted by Gasteiger charge is 2.18. The predicted molar refractivity (Wildman–Crippen MR) is 125 cm³/mol. The number of carbonyl (C=O) groups excluding carboxylic acids is 1. The fraction of sp³-hybridized carbons (Fsp3) is 0.600. The Bertz CT molecular complexity index is 534. The van der Waals surface area contributed by atoms with E-state index in [-0.39, 0.29) is 42.5 Å². The molecule has 1 amide bonds. The van der Waals surface area contributed by atoms with Gasteiger partial charge in [0, 0.05) is 19.6 Å². The zero-order valence-electron chi connectivity index (χ0n) is 17.1. The molecule has 1 atom stereocenters. The molecule has 0 aliphatic carbocycles. The van der Waals surface area contributed by atoms with Crippen LogP contribution in [-0.4, -0.2) is 56.0 Å². The van der Waals surface area contributed by atoms with Crippen molar-refractivity contribution in [1.82, 2.24) is 20.9 Å². The van der Waals surface area contributed by atoms with E-state index in [1.807, 2.05) is 19.9 Å². The standard InChI is InChI=1S/C20H35N5O.HI/c1-5-14-22-19(26)16-24-20(21-6-2)23-15-18(25(7-3)8-4)17-12-10-9-11-13-17;/h9-13,18H,5-8,14-16H2,1-4H3,(H,22,26)(H2,21,23,24);1H. The lowest BCUT2D eigenvalue weighted by atomic mass is 10.1. The lowest BCUT2D eigenvalue weighted by Gasteiger charge is -2.30. The van der Waals surface area contributed by atoms with Crippen LogP contribution < -0.4 is 16.0 Å². The van der Waals surface area contributed by atoms with Gasteiger partial charge in [-0.3, -0.25) is 9.69 Å². The molecule has 1 aromatic carbocycles. The lowest BCUT2D eigenvalue weighted by molar-refractivity contribution is -0.119. The average Bonchev–Trinajstić information content (AvgIpc) is 2.68. The van der Waals surface area contributed by atoms with Gasteiger partial charge in [0.2, 0.25) is 5.91 Å². The van der Waals surface area contributed by atoms with Crippen molar-refractivity contribution in [1.29, 1.82) is 0 Å². The molecule has 0 radical (unpaired) electrons. The number of nitrogens with one attached hydrogen (secondary N) is 3. The number of benzene rings is 1. The van der Waals surface area contributed by atoms with Gasteiger partial charge < -0.3 is 16.0 Å². The van der Waals surface area contributed by atoms with Crippen molar-refractivity contribution in [3.8, 4) is 0 Å². The Labute approximate surface area is 181 Å². The molecule has 0 aliphatic rings. The second kappa shape index (κ2) is 15.7. The Kier molecular flexibility index (Phi) is 14.9. The van der Waals surface area contributed by atoms with Crippen LogP contribution in [0.15, 0.2) is 35.3 Å².